The van der Waals surface area contributed by atoms with Crippen LogP contribution in [-0.2, 0) is 41.5 Å². The Bertz CT molecular complexity index is 2360. The van der Waals surface area contributed by atoms with Crippen LogP contribution in [0.3, 0.4) is 0 Å². The Morgan fingerprint density at radius 3 is 1.44 bits per heavy atom. The van der Waals surface area contributed by atoms with Gasteiger partial charge >= 0.3 is 18.3 Å². The SMILES string of the molecule is Cc1c(Cl)c(C(F)(F)F)nn1CC(=O)Cc1cnn(-c2ccc(F)cc2)c1C.Cc1c(Cl)c(C(F)(F)F)nn1CC(=O)O.Cc1c(N)cnn1-c1ccc(F)cc1. The van der Waals surface area contributed by atoms with Gasteiger partial charge in [-0.15, -0.1) is 0 Å². The molecule has 0 radical (unpaired) electrons. The first kappa shape index (κ1) is 44.0. The number of hydrogen-bond donors (Lipinski definition) is 2. The van der Waals surface area contributed by atoms with Crippen molar-refractivity contribution in [1.29, 1.82) is 0 Å². The number of hydrogen-bond acceptors (Lipinski definition) is 7. The third-order valence-electron chi connectivity index (χ3n) is 8.10. The Kier molecular flexibility index (Phi) is 13.6. The minimum atomic E-state index is -4.69. The number of carboxylic acid groups (broad SMARTS) is 1. The van der Waals surface area contributed by atoms with Crippen molar-refractivity contribution in [3.05, 3.63) is 122 Å². The van der Waals surface area contributed by atoms with E-state index in [2.05, 4.69) is 20.4 Å². The van der Waals surface area contributed by atoms with Crippen LogP contribution in [0.4, 0.5) is 40.8 Å². The van der Waals surface area contributed by atoms with Crippen LogP contribution >= 0.6 is 23.2 Å². The van der Waals surface area contributed by atoms with E-state index in [1.807, 2.05) is 6.92 Å². The summed E-state index contributed by atoms with van der Waals surface area (Å²) < 4.78 is 106. The maximum Gasteiger partial charge on any atom is 0.436 e. The maximum absolute atomic E-state index is 13.1. The highest BCUT2D eigenvalue weighted by Gasteiger charge is 2.39. The number of carbonyl (C=O) groups excluding carboxylic acids is 1. The highest BCUT2D eigenvalue weighted by Crippen LogP contribution is 2.36. The predicted octanol–water partition coefficient (Wildman–Crippen LogP) is 8.16. The second-order valence-electron chi connectivity index (χ2n) is 12.1. The summed E-state index contributed by atoms with van der Waals surface area (Å²) in [6.45, 7) is 5.26. The quantitative estimate of drug-likeness (QED) is 0.146. The summed E-state index contributed by atoms with van der Waals surface area (Å²) in [6, 6.07) is 11.8. The van der Waals surface area contributed by atoms with Crippen molar-refractivity contribution in [1.82, 2.24) is 39.1 Å². The van der Waals surface area contributed by atoms with Gasteiger partial charge in [-0.1, -0.05) is 23.2 Å². The molecule has 0 aliphatic rings. The van der Waals surface area contributed by atoms with Gasteiger partial charge in [-0.3, -0.25) is 19.0 Å². The molecule has 0 atom stereocenters. The Morgan fingerprint density at radius 1 is 0.667 bits per heavy atom. The van der Waals surface area contributed by atoms with Gasteiger partial charge in [-0.05, 0) is 76.2 Å². The molecule has 12 nitrogen and oxygen atoms in total. The zero-order valence-corrected chi connectivity index (χ0v) is 31.6. The lowest BCUT2D eigenvalue weighted by molar-refractivity contribution is -0.143. The molecule has 0 spiro atoms. The largest absolute Gasteiger partial charge is 0.480 e. The van der Waals surface area contributed by atoms with E-state index in [0.29, 0.717) is 27.3 Å². The molecule has 57 heavy (non-hydrogen) atoms. The van der Waals surface area contributed by atoms with E-state index < -0.39 is 46.3 Å². The van der Waals surface area contributed by atoms with Crippen LogP contribution in [0.1, 0.15) is 39.7 Å². The zero-order valence-electron chi connectivity index (χ0n) is 30.1. The van der Waals surface area contributed by atoms with E-state index >= 15 is 0 Å². The summed E-state index contributed by atoms with van der Waals surface area (Å²) in [4.78, 5) is 22.7. The number of carbonyl (C=O) groups is 2. The van der Waals surface area contributed by atoms with E-state index in [0.717, 1.165) is 16.1 Å². The second-order valence-corrected chi connectivity index (χ2v) is 12.9. The Morgan fingerprint density at radius 2 is 1.07 bits per heavy atom. The second kappa shape index (κ2) is 17.6. The monoisotopic (exact) mass is 847 g/mol. The fraction of sp³-hybridized carbons (Fsp3) is 0.257. The molecular weight excluding hydrogens is 817 g/mol. The number of aromatic nitrogens is 8. The number of Topliss-reactive ketones (excluding diaryl/α,β-unsaturated/α-hetero) is 1. The van der Waals surface area contributed by atoms with Gasteiger partial charge < -0.3 is 10.8 Å². The van der Waals surface area contributed by atoms with Crippen molar-refractivity contribution in [2.24, 2.45) is 0 Å². The number of aliphatic carboxylic acids is 1. The molecule has 6 rings (SSSR count). The number of alkyl halides is 6. The smallest absolute Gasteiger partial charge is 0.436 e. The first-order valence-electron chi connectivity index (χ1n) is 16.2. The van der Waals surface area contributed by atoms with Gasteiger partial charge in [0.1, 0.15) is 24.7 Å². The molecule has 304 valence electrons. The lowest BCUT2D eigenvalue weighted by Crippen LogP contribution is -2.16. The molecule has 0 unspecified atom stereocenters. The van der Waals surface area contributed by atoms with Crippen LogP contribution in [0.25, 0.3) is 11.4 Å². The van der Waals surface area contributed by atoms with Crippen LogP contribution in [-0.4, -0.2) is 56.0 Å². The Balaban J connectivity index is 0.000000209. The fourth-order valence-corrected chi connectivity index (χ4v) is 5.49. The van der Waals surface area contributed by atoms with Crippen molar-refractivity contribution in [3.8, 4) is 11.4 Å². The Hall–Kier alpha value is -5.76. The van der Waals surface area contributed by atoms with Crippen molar-refractivity contribution < 1.29 is 49.8 Å². The molecule has 4 aromatic heterocycles. The van der Waals surface area contributed by atoms with E-state index in [1.54, 1.807) is 46.7 Å². The van der Waals surface area contributed by atoms with Crippen molar-refractivity contribution >= 4 is 40.6 Å². The van der Waals surface area contributed by atoms with Crippen molar-refractivity contribution in [2.75, 3.05) is 5.73 Å². The van der Waals surface area contributed by atoms with Crippen LogP contribution in [0.15, 0.2) is 60.9 Å². The molecule has 2 aromatic carbocycles. The summed E-state index contributed by atoms with van der Waals surface area (Å²) in [5.74, 6) is -2.27. The molecule has 4 heterocycles. The van der Waals surface area contributed by atoms with Gasteiger partial charge in [0.15, 0.2) is 17.2 Å². The van der Waals surface area contributed by atoms with Gasteiger partial charge in [-0.25, -0.2) is 18.1 Å². The molecule has 0 amide bonds. The summed E-state index contributed by atoms with van der Waals surface area (Å²) in [6.07, 6.45) is -6.32. The van der Waals surface area contributed by atoms with E-state index in [-0.39, 0.29) is 41.8 Å². The van der Waals surface area contributed by atoms with Gasteiger partial charge in [0, 0.05) is 17.7 Å². The van der Waals surface area contributed by atoms with Crippen LogP contribution in [0.5, 0.6) is 0 Å². The number of nitrogens with zero attached hydrogens (tertiary/aromatic N) is 8. The number of anilines is 1. The normalized spacial score (nSPS) is 11.5. The molecular formula is C35H31Cl2F8N9O3. The topological polar surface area (TPSA) is 152 Å². The minimum Gasteiger partial charge on any atom is -0.480 e. The predicted molar refractivity (Wildman–Crippen MR) is 191 cm³/mol. The standard InChI is InChI=1S/C18H15ClF4N4O.C10H10FN3.C7H6ClF3N2O2/c1-10-12(8-24-27(10)14-5-3-13(20)4-6-14)7-15(28)9-26-11(2)16(19)17(25-26)18(21,22)23;1-7-10(12)6-13-14(7)9-4-2-8(11)3-5-9;1-3-5(8)6(7(9,10)11)12-13(3)2-4(14)15/h3-6,8H,7,9H2,1-2H3;2-6H,12H2,1H3;2H2,1H3,(H,14,15). The number of carboxylic acids is 1. The number of halogens is 10. The summed E-state index contributed by atoms with van der Waals surface area (Å²) in [5.41, 5.74) is 7.44. The van der Waals surface area contributed by atoms with E-state index in [4.69, 9.17) is 34.0 Å². The van der Waals surface area contributed by atoms with Gasteiger partial charge in [0.05, 0.1) is 56.6 Å². The van der Waals surface area contributed by atoms with Gasteiger partial charge in [0.25, 0.3) is 0 Å². The number of nitrogen functional groups attached to an aromatic ring is 1. The van der Waals surface area contributed by atoms with Crippen LogP contribution < -0.4 is 5.73 Å². The number of rotatable bonds is 8. The third-order valence-corrected chi connectivity index (χ3v) is 9.01. The van der Waals surface area contributed by atoms with E-state index in [1.165, 1.54) is 44.3 Å². The first-order chi connectivity index (χ1) is 26.5. The lowest BCUT2D eigenvalue weighted by atomic mass is 10.1. The summed E-state index contributed by atoms with van der Waals surface area (Å²) in [5, 5.41) is 22.1. The molecule has 22 heteroatoms. The lowest BCUT2D eigenvalue weighted by Gasteiger charge is -2.06. The average Bonchev–Trinajstić information content (AvgIpc) is 3.83. The summed E-state index contributed by atoms with van der Waals surface area (Å²) in [7, 11) is 0. The molecule has 0 saturated carbocycles. The Labute approximate surface area is 328 Å². The molecule has 6 aromatic rings. The fourth-order valence-electron chi connectivity index (χ4n) is 5.01. The molecule has 0 aliphatic heterocycles. The highest BCUT2D eigenvalue weighted by atomic mass is 35.5. The van der Waals surface area contributed by atoms with Gasteiger partial charge in [-0.2, -0.15) is 46.7 Å². The third kappa shape index (κ3) is 10.8. The highest BCUT2D eigenvalue weighted by molar-refractivity contribution is 6.32. The van der Waals surface area contributed by atoms with Crippen molar-refractivity contribution in [2.45, 2.75) is 59.6 Å². The minimum absolute atomic E-state index is 0.0219. The van der Waals surface area contributed by atoms with Crippen molar-refractivity contribution in [3.63, 3.8) is 0 Å². The van der Waals surface area contributed by atoms with E-state index in [9.17, 15) is 44.7 Å². The van der Waals surface area contributed by atoms with Crippen LogP contribution in [0, 0.1) is 39.3 Å². The number of nitrogens with two attached hydrogens (primary N) is 1. The zero-order chi connectivity index (χ0) is 42.6. The molecule has 0 aliphatic carbocycles. The average molecular weight is 849 g/mol. The number of benzene rings is 2. The number of ketones is 1. The first-order valence-corrected chi connectivity index (χ1v) is 16.9. The summed E-state index contributed by atoms with van der Waals surface area (Å²) >= 11 is 11.1. The molecule has 0 saturated heterocycles. The molecule has 3 N–H and O–H groups in total. The van der Waals surface area contributed by atoms with Gasteiger partial charge in [0.2, 0.25) is 0 Å². The molecule has 0 fully saturated rings. The molecule has 0 bridgehead atoms. The maximum atomic E-state index is 13.1. The van der Waals surface area contributed by atoms with Crippen LogP contribution in [0.2, 0.25) is 10.0 Å².